The first-order valence-corrected chi connectivity index (χ1v) is 16.4. The summed E-state index contributed by atoms with van der Waals surface area (Å²) in [6.45, 7) is 11.5. The Balaban J connectivity index is 2.12. The van der Waals surface area contributed by atoms with Crippen LogP contribution in [0.5, 0.6) is 0 Å². The van der Waals surface area contributed by atoms with Gasteiger partial charge >= 0.3 is 24.0 Å². The zero-order chi connectivity index (χ0) is 34.3. The van der Waals surface area contributed by atoms with E-state index in [2.05, 4.69) is 10.6 Å². The van der Waals surface area contributed by atoms with Crippen LogP contribution in [-0.4, -0.2) is 77.2 Å². The number of ether oxygens (including phenoxy) is 1. The fourth-order valence-electron chi connectivity index (χ4n) is 6.75. The molecule has 1 saturated heterocycles. The number of nitrogens with two attached hydrogens (primary N) is 1. The average molecular weight is 643 g/mol. The molecule has 2 aliphatic heterocycles. The fraction of sp³-hybridized carbons (Fsp3) is 0.618. The number of amides is 5. The monoisotopic (exact) mass is 642 g/mol. The Morgan fingerprint density at radius 2 is 1.74 bits per heavy atom. The number of fused-ring (bicyclic) bond motifs is 1. The third-order valence-electron chi connectivity index (χ3n) is 9.07. The first kappa shape index (κ1) is 36.7. The topological polar surface area (TPSA) is 168 Å². The quantitative estimate of drug-likeness (QED) is 0.236. The van der Waals surface area contributed by atoms with Crippen molar-refractivity contribution in [2.24, 2.45) is 11.7 Å². The number of unbranched alkanes of at least 4 members (excludes halogenated alkanes) is 1. The van der Waals surface area contributed by atoms with Gasteiger partial charge in [-0.25, -0.2) is 14.4 Å². The van der Waals surface area contributed by atoms with Crippen LogP contribution in [-0.2, 0) is 19.1 Å². The number of nitrogens with zero attached hydrogens (tertiary/aromatic N) is 2. The van der Waals surface area contributed by atoms with Gasteiger partial charge < -0.3 is 31.1 Å². The Labute approximate surface area is 272 Å². The molecule has 5 N–H and O–H groups in total. The molecule has 254 valence electrons. The first-order chi connectivity index (χ1) is 21.7. The molecule has 0 spiro atoms. The highest BCUT2D eigenvalue weighted by atomic mass is 16.5. The van der Waals surface area contributed by atoms with Gasteiger partial charge in [0.1, 0.15) is 24.3 Å². The van der Waals surface area contributed by atoms with Gasteiger partial charge in [-0.05, 0) is 64.9 Å². The number of para-hydroxylation sites is 1. The third-order valence-corrected chi connectivity index (χ3v) is 9.07. The Morgan fingerprint density at radius 3 is 2.30 bits per heavy atom. The van der Waals surface area contributed by atoms with Crippen LogP contribution in [0.3, 0.4) is 0 Å². The number of rotatable bonds is 12. The minimum atomic E-state index is -1.21. The van der Waals surface area contributed by atoms with Crippen LogP contribution in [0.1, 0.15) is 97.1 Å². The summed E-state index contributed by atoms with van der Waals surface area (Å²) in [6, 6.07) is 1.43. The lowest BCUT2D eigenvalue weighted by Crippen LogP contribution is -2.60. The summed E-state index contributed by atoms with van der Waals surface area (Å²) in [5.74, 6) is -2.33. The number of likely N-dealkylation sites (tertiary alicyclic amines) is 1. The van der Waals surface area contributed by atoms with Gasteiger partial charge in [0.05, 0.1) is 7.11 Å². The maximum absolute atomic E-state index is 14.1. The Bertz CT molecular complexity index is 1330. The molecular formula is C34H52N5O7+. The number of nitrogens with one attached hydrogen (secondary N) is 2. The van der Waals surface area contributed by atoms with Gasteiger partial charge in [0.25, 0.3) is 0 Å². The van der Waals surface area contributed by atoms with E-state index >= 15 is 0 Å². The van der Waals surface area contributed by atoms with Crippen LogP contribution in [0.15, 0.2) is 24.4 Å². The third kappa shape index (κ3) is 7.78. The lowest BCUT2D eigenvalue weighted by molar-refractivity contribution is -0.142. The van der Waals surface area contributed by atoms with E-state index in [-0.39, 0.29) is 30.8 Å². The molecule has 0 saturated carbocycles. The summed E-state index contributed by atoms with van der Waals surface area (Å²) < 4.78 is 4.28. The number of aryl methyl sites for hydroxylation is 1. The number of urea groups is 1. The van der Waals surface area contributed by atoms with Gasteiger partial charge in [0, 0.05) is 35.2 Å². The molecular weight excluding hydrogens is 590 g/mol. The number of carboxylic acids is 1. The molecule has 1 aromatic carbocycles. The number of imide groups is 1. The van der Waals surface area contributed by atoms with Gasteiger partial charge in [-0.1, -0.05) is 50.2 Å². The Kier molecular flexibility index (Phi) is 12.5. The van der Waals surface area contributed by atoms with Crippen molar-refractivity contribution in [1.29, 1.82) is 0 Å². The molecule has 12 heteroatoms. The molecule has 46 heavy (non-hydrogen) atoms. The predicted octanol–water partition coefficient (Wildman–Crippen LogP) is 4.81. The van der Waals surface area contributed by atoms with Gasteiger partial charge in [0.15, 0.2) is 5.69 Å². The van der Waals surface area contributed by atoms with Crippen molar-refractivity contribution in [3.05, 3.63) is 35.5 Å². The second-order valence-corrected chi connectivity index (χ2v) is 13.2. The standard InChI is InChI=1S/C34H51N5O7/c1-8-9-16-27(32(42)43)36-30(40)28(37-33(44)38-22(5)13-11-14-23(38)6)18-24-19-39(34(45)46-7,31(41)26(35)17-20(2)3)29-21(4)12-10-15-25(24)29/h10,12,15,19-20,22-23,26-28H,8-9,11,13-14,16-18,35H2,1-7H3,(H2-,36,37,40,42,43,44)/p+1/t22-,23+,26-,27+,28-,39?/m0/s1. The lowest BCUT2D eigenvalue weighted by Gasteiger charge is -2.39. The zero-order valence-corrected chi connectivity index (χ0v) is 28.3. The number of carbonyl (C=O) groups excluding carboxylic acids is 4. The number of hydrogen-bond donors (Lipinski definition) is 4. The van der Waals surface area contributed by atoms with Crippen molar-refractivity contribution < 1.29 is 33.8 Å². The highest BCUT2D eigenvalue weighted by Gasteiger charge is 2.56. The van der Waals surface area contributed by atoms with Crippen LogP contribution < -0.4 is 20.9 Å². The SMILES string of the molecule is CCCC[C@@H](NC(=O)[C@H](CC1=C[N+](C(=O)OC)(C(=O)[C@@H](N)CC(C)C)c2c(C)cccc21)NC(=O)N1[C@H](C)CCC[C@@H]1C)C(=O)O. The van der Waals surface area contributed by atoms with Gasteiger partial charge in [-0.2, -0.15) is 4.79 Å². The summed E-state index contributed by atoms with van der Waals surface area (Å²) in [5.41, 5.74) is 8.41. The molecule has 3 rings (SSSR count). The molecule has 1 aromatic rings. The van der Waals surface area contributed by atoms with Crippen LogP contribution >= 0.6 is 0 Å². The summed E-state index contributed by atoms with van der Waals surface area (Å²) in [6.07, 6.45) is 5.03. The number of methoxy groups -OCH3 is 1. The van der Waals surface area contributed by atoms with E-state index in [1.54, 1.807) is 30.0 Å². The van der Waals surface area contributed by atoms with Crippen LogP contribution in [0.4, 0.5) is 15.3 Å². The van der Waals surface area contributed by atoms with E-state index in [1.807, 2.05) is 34.6 Å². The second kappa shape index (κ2) is 15.7. The van der Waals surface area contributed by atoms with Gasteiger partial charge in [0.2, 0.25) is 5.91 Å². The van der Waals surface area contributed by atoms with Gasteiger partial charge in [-0.3, -0.25) is 4.79 Å². The first-order valence-electron chi connectivity index (χ1n) is 16.4. The molecule has 5 amide bonds. The fourth-order valence-corrected chi connectivity index (χ4v) is 6.75. The van der Waals surface area contributed by atoms with Crippen LogP contribution in [0.25, 0.3) is 5.57 Å². The molecule has 1 unspecified atom stereocenters. The minimum absolute atomic E-state index is 0.0541. The van der Waals surface area contributed by atoms with E-state index in [9.17, 15) is 29.1 Å². The number of hydrogen-bond acceptors (Lipinski definition) is 7. The zero-order valence-electron chi connectivity index (χ0n) is 28.3. The molecule has 2 aliphatic rings. The maximum atomic E-state index is 14.1. The molecule has 0 aromatic heterocycles. The summed E-state index contributed by atoms with van der Waals surface area (Å²) in [5, 5.41) is 15.3. The summed E-state index contributed by atoms with van der Waals surface area (Å²) >= 11 is 0. The van der Waals surface area contributed by atoms with Crippen molar-refractivity contribution in [2.75, 3.05) is 7.11 Å². The van der Waals surface area contributed by atoms with Crippen LogP contribution in [0, 0.1) is 12.8 Å². The summed E-state index contributed by atoms with van der Waals surface area (Å²) in [7, 11) is 1.20. The Morgan fingerprint density at radius 1 is 1.09 bits per heavy atom. The number of carbonyl (C=O) groups is 5. The van der Waals surface area contributed by atoms with E-state index < -0.39 is 52.5 Å². The maximum Gasteiger partial charge on any atom is 0.533 e. The van der Waals surface area contributed by atoms with Crippen molar-refractivity contribution in [3.8, 4) is 0 Å². The van der Waals surface area contributed by atoms with Crippen molar-refractivity contribution in [3.63, 3.8) is 0 Å². The van der Waals surface area contributed by atoms with Crippen molar-refractivity contribution in [2.45, 2.75) is 123 Å². The largest absolute Gasteiger partial charge is 0.533 e. The van der Waals surface area contributed by atoms with E-state index in [0.717, 1.165) is 25.7 Å². The van der Waals surface area contributed by atoms with E-state index in [1.165, 1.54) is 13.3 Å². The average Bonchev–Trinajstić information content (AvgIpc) is 3.33. The number of quaternary nitrogens is 1. The smallest absolute Gasteiger partial charge is 0.480 e. The van der Waals surface area contributed by atoms with E-state index in [4.69, 9.17) is 10.5 Å². The molecule has 6 atom stereocenters. The number of aliphatic carboxylic acids is 1. The highest BCUT2D eigenvalue weighted by molar-refractivity contribution is 6.15. The van der Waals surface area contributed by atoms with Crippen molar-refractivity contribution in [1.82, 2.24) is 20.0 Å². The lowest BCUT2D eigenvalue weighted by atomic mass is 9.96. The van der Waals surface area contributed by atoms with Gasteiger partial charge in [-0.15, -0.1) is 0 Å². The minimum Gasteiger partial charge on any atom is -0.480 e. The molecule has 1 fully saturated rings. The number of carboxylic acid groups (broad SMARTS) is 1. The number of benzene rings is 1. The molecule has 12 nitrogen and oxygen atoms in total. The predicted molar refractivity (Wildman–Crippen MR) is 176 cm³/mol. The molecule has 0 radical (unpaired) electrons. The van der Waals surface area contributed by atoms with E-state index in [0.29, 0.717) is 35.2 Å². The molecule has 0 aliphatic carbocycles. The molecule has 2 heterocycles. The number of piperidine rings is 1. The normalized spacial score (nSPS) is 22.7. The van der Waals surface area contributed by atoms with Crippen LogP contribution in [0.2, 0.25) is 0 Å². The highest BCUT2D eigenvalue weighted by Crippen LogP contribution is 2.46. The summed E-state index contributed by atoms with van der Waals surface area (Å²) in [4.78, 5) is 69.1. The second-order valence-electron chi connectivity index (χ2n) is 13.2. The molecule has 0 bridgehead atoms. The Hall–Kier alpha value is -3.77. The van der Waals surface area contributed by atoms with Crippen molar-refractivity contribution >= 4 is 41.2 Å².